The summed E-state index contributed by atoms with van der Waals surface area (Å²) < 4.78 is 0. The molecule has 0 atom stereocenters. The van der Waals surface area contributed by atoms with Crippen molar-refractivity contribution in [2.45, 2.75) is 40.8 Å². The van der Waals surface area contributed by atoms with Gasteiger partial charge in [0.05, 0.1) is 8.07 Å². The molecular weight excluding hydrogens is 818 g/mol. The fraction of sp³-hybridized carbons (Fsp3) is 0.163. The van der Waals surface area contributed by atoms with Gasteiger partial charge < -0.3 is 19.4 Å². The van der Waals surface area contributed by atoms with E-state index in [1.807, 2.05) is 18.3 Å². The van der Waals surface area contributed by atoms with Crippen molar-refractivity contribution in [3.05, 3.63) is 156 Å². The van der Waals surface area contributed by atoms with Gasteiger partial charge >= 0.3 is 27.1 Å². The standard InChI is InChI=1S/C27H25BN3.C16H16N2Si.Ir/c1-19-11-10-12-20(2)27(19)28-30(23-13-6-5-7-14-23)24-15-8-9-16-25(24)31(28)26-17-21(3)22(4)18-29-26;1-17-11-18-12-7-4-5-9-14(12)19(2,3)15-10-6-8-13(17)16(15)18;/h5-15,17-18H,1-4H3;4-6,8-11H,1-3H3;/q-1;-2;+3. The van der Waals surface area contributed by atoms with Crippen LogP contribution in [0.1, 0.15) is 22.3 Å². The van der Waals surface area contributed by atoms with Crippen LogP contribution in [0.15, 0.2) is 115 Å². The Balaban J connectivity index is 0.000000174. The Kier molecular flexibility index (Phi) is 9.21. The minimum absolute atomic E-state index is 0. The molecule has 3 aliphatic heterocycles. The molecule has 5 nitrogen and oxygen atoms in total. The Morgan fingerprint density at radius 3 is 2.04 bits per heavy atom. The molecule has 0 aliphatic carbocycles. The summed E-state index contributed by atoms with van der Waals surface area (Å²) in [6.07, 6.45) is 1.97. The molecule has 9 rings (SSSR count). The second-order valence-corrected chi connectivity index (χ2v) is 18.4. The first kappa shape index (κ1) is 34.8. The van der Waals surface area contributed by atoms with Crippen molar-refractivity contribution in [1.82, 2.24) is 4.98 Å². The van der Waals surface area contributed by atoms with Crippen LogP contribution in [0.5, 0.6) is 0 Å². The van der Waals surface area contributed by atoms with Crippen molar-refractivity contribution < 1.29 is 20.1 Å². The smallest absolute Gasteiger partial charge is 0.504 e. The first-order valence-electron chi connectivity index (χ1n) is 17.3. The molecule has 0 amide bonds. The van der Waals surface area contributed by atoms with Gasteiger partial charge in [-0.25, -0.2) is 4.98 Å². The van der Waals surface area contributed by atoms with Gasteiger partial charge in [-0.05, 0) is 80.8 Å². The van der Waals surface area contributed by atoms with Crippen molar-refractivity contribution in [3.8, 4) is 0 Å². The van der Waals surface area contributed by atoms with E-state index in [0.717, 1.165) is 22.9 Å². The number of aromatic nitrogens is 1. The van der Waals surface area contributed by atoms with Gasteiger partial charge in [0, 0.05) is 23.3 Å². The number of rotatable bonds is 3. The molecule has 0 bridgehead atoms. The number of hydrogen-bond donors (Lipinski definition) is 0. The third kappa shape index (κ3) is 5.70. The van der Waals surface area contributed by atoms with Crippen LogP contribution in [-0.4, -0.2) is 27.1 Å². The average Bonchev–Trinajstić information content (AvgIpc) is 3.64. The number of hydrogen-bond acceptors (Lipinski definition) is 5. The van der Waals surface area contributed by atoms with Crippen molar-refractivity contribution in [3.63, 3.8) is 0 Å². The van der Waals surface area contributed by atoms with E-state index in [0.29, 0.717) is 0 Å². The SMILES string of the molecule is CN1[CH-]N2c3[c-]cccc3[Si](C)(C)c3cccc1c32.Cc1cnc(N2B(c3c(C)cccc3C)N(c3ccccc3)c3ccc[c-]c32)cc1C.[Ir+3]. The van der Waals surface area contributed by atoms with Crippen molar-refractivity contribution in [2.75, 3.05) is 26.5 Å². The Labute approximate surface area is 318 Å². The van der Waals surface area contributed by atoms with Gasteiger partial charge in [-0.3, -0.25) is 0 Å². The number of fused-ring (bicyclic) bond motifs is 3. The number of nitrogens with zero attached hydrogens (tertiary/aromatic N) is 5. The molecule has 3 aliphatic rings. The molecule has 0 N–H and O–H groups in total. The molecule has 0 unspecified atom stereocenters. The van der Waals surface area contributed by atoms with Gasteiger partial charge in [-0.2, -0.15) is 49.1 Å². The van der Waals surface area contributed by atoms with E-state index >= 15 is 0 Å². The molecule has 0 saturated heterocycles. The fourth-order valence-corrected chi connectivity index (χ4v) is 10.8. The maximum Gasteiger partial charge on any atom is 3.00 e. The summed E-state index contributed by atoms with van der Waals surface area (Å²) in [6.45, 7) is 15.6. The predicted molar refractivity (Wildman–Crippen MR) is 214 cm³/mol. The second kappa shape index (κ2) is 13.5. The Morgan fingerprint density at radius 2 is 1.31 bits per heavy atom. The van der Waals surface area contributed by atoms with Gasteiger partial charge in [-0.1, -0.05) is 84.1 Å². The molecule has 0 fully saturated rings. The molecular formula is C43H41BIrN5Si. The number of para-hydroxylation sites is 4. The monoisotopic (exact) mass is 859 g/mol. The van der Waals surface area contributed by atoms with Crippen LogP contribution in [0.3, 0.4) is 0 Å². The summed E-state index contributed by atoms with van der Waals surface area (Å²) in [7, 11) is 0.502. The summed E-state index contributed by atoms with van der Waals surface area (Å²) in [5.74, 6) is 0.942. The number of pyridine rings is 1. The molecule has 0 saturated carbocycles. The molecule has 0 radical (unpaired) electrons. The van der Waals surface area contributed by atoms with E-state index in [9.17, 15) is 0 Å². The summed E-state index contributed by atoms with van der Waals surface area (Å²) in [6, 6.07) is 45.6. The number of benzene rings is 5. The van der Waals surface area contributed by atoms with Crippen LogP contribution in [0.4, 0.5) is 39.9 Å². The van der Waals surface area contributed by atoms with Crippen LogP contribution in [0, 0.1) is 46.5 Å². The van der Waals surface area contributed by atoms with Gasteiger partial charge in [0.25, 0.3) is 0 Å². The van der Waals surface area contributed by atoms with Gasteiger partial charge in [0.15, 0.2) is 0 Å². The molecule has 6 aromatic rings. The van der Waals surface area contributed by atoms with Crippen LogP contribution >= 0.6 is 0 Å². The zero-order chi connectivity index (χ0) is 34.7. The minimum Gasteiger partial charge on any atom is -0.504 e. The summed E-state index contributed by atoms with van der Waals surface area (Å²) in [5, 5.41) is 3.00. The molecule has 4 heterocycles. The predicted octanol–water partition coefficient (Wildman–Crippen LogP) is 8.13. The number of anilines is 7. The van der Waals surface area contributed by atoms with Crippen LogP contribution in [-0.2, 0) is 20.1 Å². The maximum absolute atomic E-state index is 4.86. The largest absolute Gasteiger partial charge is 3.00 e. The van der Waals surface area contributed by atoms with E-state index in [2.05, 4.69) is 183 Å². The van der Waals surface area contributed by atoms with Gasteiger partial charge in [0.1, 0.15) is 5.82 Å². The first-order chi connectivity index (χ1) is 24.2. The molecule has 51 heavy (non-hydrogen) atoms. The van der Waals surface area contributed by atoms with E-state index in [4.69, 9.17) is 4.98 Å². The normalized spacial score (nSPS) is 14.7. The Hall–Kier alpha value is -4.62. The third-order valence-electron chi connectivity index (χ3n) is 10.6. The summed E-state index contributed by atoms with van der Waals surface area (Å²) in [5.41, 5.74) is 13.5. The molecule has 5 aromatic carbocycles. The Morgan fingerprint density at radius 1 is 0.667 bits per heavy atom. The van der Waals surface area contributed by atoms with E-state index in [1.165, 1.54) is 55.2 Å². The third-order valence-corrected chi connectivity index (χ3v) is 14.1. The molecule has 0 spiro atoms. The van der Waals surface area contributed by atoms with Crippen LogP contribution < -0.4 is 35.3 Å². The molecule has 1 aromatic heterocycles. The van der Waals surface area contributed by atoms with E-state index < -0.39 is 8.07 Å². The van der Waals surface area contributed by atoms with Crippen molar-refractivity contribution in [2.24, 2.45) is 0 Å². The van der Waals surface area contributed by atoms with E-state index in [-0.39, 0.29) is 27.1 Å². The zero-order valence-corrected chi connectivity index (χ0v) is 33.6. The van der Waals surface area contributed by atoms with Gasteiger partial charge in [-0.15, -0.1) is 16.9 Å². The summed E-state index contributed by atoms with van der Waals surface area (Å²) >= 11 is 0. The minimum atomic E-state index is -1.61. The topological polar surface area (TPSA) is 25.9 Å². The van der Waals surface area contributed by atoms with Gasteiger partial charge in [0.2, 0.25) is 0 Å². The zero-order valence-electron chi connectivity index (χ0n) is 30.2. The van der Waals surface area contributed by atoms with Crippen LogP contribution in [0.2, 0.25) is 13.1 Å². The second-order valence-electron chi connectivity index (χ2n) is 14.1. The van der Waals surface area contributed by atoms with E-state index in [1.54, 1.807) is 0 Å². The number of aryl methyl sites for hydroxylation is 4. The maximum atomic E-state index is 4.86. The average molecular weight is 859 g/mol. The van der Waals surface area contributed by atoms with Crippen molar-refractivity contribution >= 4 is 70.8 Å². The summed E-state index contributed by atoms with van der Waals surface area (Å²) in [4.78, 5) is 14.1. The molecule has 8 heteroatoms. The molecule has 254 valence electrons. The fourth-order valence-electron chi connectivity index (χ4n) is 7.83. The Bertz CT molecular complexity index is 2220. The first-order valence-corrected chi connectivity index (χ1v) is 20.3. The van der Waals surface area contributed by atoms with Crippen LogP contribution in [0.25, 0.3) is 0 Å². The quantitative estimate of drug-likeness (QED) is 0.132. The van der Waals surface area contributed by atoms with Crippen molar-refractivity contribution in [1.29, 1.82) is 0 Å².